The molecule has 0 saturated carbocycles. The molecule has 0 aromatic heterocycles. The SMILES string of the molecule is C=C1C=CN([C@@H]2CC(C)(CO)[C@@H](CO)O2)C(=O)N1. The first-order chi connectivity index (χ1) is 8.50. The molecule has 0 bridgehead atoms. The molecule has 2 aliphatic heterocycles. The maximum atomic E-state index is 11.8. The maximum absolute atomic E-state index is 11.8. The van der Waals surface area contributed by atoms with Crippen molar-refractivity contribution in [2.75, 3.05) is 13.2 Å². The van der Waals surface area contributed by atoms with Crippen molar-refractivity contribution in [1.29, 1.82) is 0 Å². The number of aliphatic hydroxyl groups excluding tert-OH is 2. The summed E-state index contributed by atoms with van der Waals surface area (Å²) < 4.78 is 5.64. The van der Waals surface area contributed by atoms with Gasteiger partial charge < -0.3 is 20.3 Å². The summed E-state index contributed by atoms with van der Waals surface area (Å²) >= 11 is 0. The minimum Gasteiger partial charge on any atom is -0.396 e. The topological polar surface area (TPSA) is 82.0 Å². The lowest BCUT2D eigenvalue weighted by Gasteiger charge is -2.28. The van der Waals surface area contributed by atoms with Gasteiger partial charge in [0.05, 0.1) is 19.3 Å². The summed E-state index contributed by atoms with van der Waals surface area (Å²) in [6.07, 6.45) is 2.79. The lowest BCUT2D eigenvalue weighted by molar-refractivity contribution is -0.0605. The number of nitrogens with one attached hydrogen (secondary N) is 1. The van der Waals surface area contributed by atoms with Crippen molar-refractivity contribution in [3.05, 3.63) is 24.6 Å². The van der Waals surface area contributed by atoms with Gasteiger partial charge in [-0.05, 0) is 6.08 Å². The fraction of sp³-hybridized carbons (Fsp3) is 0.583. The molecule has 100 valence electrons. The molecule has 1 saturated heterocycles. The van der Waals surface area contributed by atoms with Gasteiger partial charge in [-0.25, -0.2) is 4.79 Å². The van der Waals surface area contributed by atoms with Gasteiger partial charge in [-0.2, -0.15) is 0 Å². The number of carbonyl (C=O) groups is 1. The average molecular weight is 254 g/mol. The van der Waals surface area contributed by atoms with Gasteiger partial charge >= 0.3 is 6.03 Å². The van der Waals surface area contributed by atoms with Gasteiger partial charge in [0.2, 0.25) is 0 Å². The van der Waals surface area contributed by atoms with Crippen LogP contribution in [0.25, 0.3) is 0 Å². The first-order valence-electron chi connectivity index (χ1n) is 5.84. The van der Waals surface area contributed by atoms with Gasteiger partial charge in [-0.1, -0.05) is 13.5 Å². The minimum atomic E-state index is -0.540. The predicted octanol–water partition coefficient (Wildman–Crippen LogP) is 0.145. The van der Waals surface area contributed by atoms with Gasteiger partial charge in [-0.3, -0.25) is 4.90 Å². The van der Waals surface area contributed by atoms with Crippen LogP contribution in [0.15, 0.2) is 24.6 Å². The number of nitrogens with zero attached hydrogens (tertiary/aromatic N) is 1. The summed E-state index contributed by atoms with van der Waals surface area (Å²) in [7, 11) is 0. The van der Waals surface area contributed by atoms with E-state index < -0.39 is 17.7 Å². The lowest BCUT2D eigenvalue weighted by atomic mass is 9.84. The zero-order chi connectivity index (χ0) is 13.3. The second kappa shape index (κ2) is 4.72. The van der Waals surface area contributed by atoms with Gasteiger partial charge in [0.1, 0.15) is 6.23 Å². The molecule has 2 rings (SSSR count). The highest BCUT2D eigenvalue weighted by Crippen LogP contribution is 2.39. The number of rotatable bonds is 3. The lowest BCUT2D eigenvalue weighted by Crippen LogP contribution is -2.44. The number of ether oxygens (including phenoxy) is 1. The molecular formula is C12H18N2O4. The summed E-state index contributed by atoms with van der Waals surface area (Å²) in [5, 5.41) is 21.3. The fourth-order valence-corrected chi connectivity index (χ4v) is 2.23. The molecule has 2 heterocycles. The van der Waals surface area contributed by atoms with Crippen molar-refractivity contribution in [3.8, 4) is 0 Å². The Kier molecular flexibility index (Phi) is 3.43. The second-order valence-electron chi connectivity index (χ2n) is 4.96. The van der Waals surface area contributed by atoms with Gasteiger partial charge in [0.15, 0.2) is 0 Å². The van der Waals surface area contributed by atoms with Gasteiger partial charge in [0, 0.05) is 23.7 Å². The normalized spacial score (nSPS) is 36.1. The summed E-state index contributed by atoms with van der Waals surface area (Å²) in [6, 6.07) is -0.314. The average Bonchev–Trinajstić information content (AvgIpc) is 2.67. The molecule has 2 aliphatic rings. The van der Waals surface area contributed by atoms with Crippen LogP contribution in [0.3, 0.4) is 0 Å². The Morgan fingerprint density at radius 2 is 2.39 bits per heavy atom. The molecule has 18 heavy (non-hydrogen) atoms. The Bertz CT molecular complexity index is 396. The second-order valence-corrected chi connectivity index (χ2v) is 4.96. The Hall–Kier alpha value is -1.37. The quantitative estimate of drug-likeness (QED) is 0.669. The van der Waals surface area contributed by atoms with E-state index in [0.29, 0.717) is 12.1 Å². The predicted molar refractivity (Wildman–Crippen MR) is 64.2 cm³/mol. The van der Waals surface area contributed by atoms with E-state index in [1.165, 1.54) is 4.90 Å². The highest BCUT2D eigenvalue weighted by Gasteiger charge is 2.47. The first kappa shape index (κ1) is 13.1. The molecule has 0 spiro atoms. The number of allylic oxidation sites excluding steroid dienone is 1. The van der Waals surface area contributed by atoms with E-state index in [2.05, 4.69) is 11.9 Å². The molecule has 2 amide bonds. The third kappa shape index (κ3) is 2.14. The number of urea groups is 1. The summed E-state index contributed by atoms with van der Waals surface area (Å²) in [6.45, 7) is 5.19. The van der Waals surface area contributed by atoms with Crippen molar-refractivity contribution in [2.45, 2.75) is 25.7 Å². The van der Waals surface area contributed by atoms with Crippen LogP contribution in [-0.4, -0.2) is 46.7 Å². The van der Waals surface area contributed by atoms with E-state index in [9.17, 15) is 15.0 Å². The van der Waals surface area contributed by atoms with Crippen LogP contribution in [0.5, 0.6) is 0 Å². The number of aliphatic hydroxyl groups is 2. The minimum absolute atomic E-state index is 0.0966. The van der Waals surface area contributed by atoms with Crippen LogP contribution >= 0.6 is 0 Å². The van der Waals surface area contributed by atoms with E-state index in [1.807, 2.05) is 6.92 Å². The summed E-state index contributed by atoms with van der Waals surface area (Å²) in [4.78, 5) is 13.2. The zero-order valence-electron chi connectivity index (χ0n) is 10.3. The number of hydrogen-bond donors (Lipinski definition) is 3. The molecule has 1 unspecified atom stereocenters. The van der Waals surface area contributed by atoms with Gasteiger partial charge in [-0.15, -0.1) is 0 Å². The number of hydrogen-bond acceptors (Lipinski definition) is 4. The largest absolute Gasteiger partial charge is 0.396 e. The molecular weight excluding hydrogens is 236 g/mol. The molecule has 0 aromatic carbocycles. The fourth-order valence-electron chi connectivity index (χ4n) is 2.23. The third-order valence-electron chi connectivity index (χ3n) is 3.52. The van der Waals surface area contributed by atoms with E-state index in [0.717, 1.165) is 0 Å². The van der Waals surface area contributed by atoms with Gasteiger partial charge in [0.25, 0.3) is 0 Å². The Morgan fingerprint density at radius 1 is 1.67 bits per heavy atom. The highest BCUT2D eigenvalue weighted by molar-refractivity contribution is 5.79. The number of carbonyl (C=O) groups excluding carboxylic acids is 1. The molecule has 1 fully saturated rings. The van der Waals surface area contributed by atoms with E-state index >= 15 is 0 Å². The van der Waals surface area contributed by atoms with Crippen molar-refractivity contribution in [3.63, 3.8) is 0 Å². The smallest absolute Gasteiger partial charge is 0.327 e. The van der Waals surface area contributed by atoms with Crippen LogP contribution in [0.4, 0.5) is 4.79 Å². The Balaban J connectivity index is 2.14. The van der Waals surface area contributed by atoms with Crippen molar-refractivity contribution >= 4 is 6.03 Å². The maximum Gasteiger partial charge on any atom is 0.327 e. The zero-order valence-corrected chi connectivity index (χ0v) is 10.3. The first-order valence-corrected chi connectivity index (χ1v) is 5.84. The summed E-state index contributed by atoms with van der Waals surface area (Å²) in [5.41, 5.74) is -0.0139. The van der Waals surface area contributed by atoms with Crippen LogP contribution in [0, 0.1) is 5.41 Å². The van der Waals surface area contributed by atoms with E-state index in [4.69, 9.17) is 4.74 Å². The van der Waals surface area contributed by atoms with E-state index in [-0.39, 0.29) is 19.2 Å². The third-order valence-corrected chi connectivity index (χ3v) is 3.52. The standard InChI is InChI=1S/C12H18N2O4/c1-8-3-4-14(11(17)13-8)10-5-12(2,7-16)9(6-15)18-10/h3-4,9-10,15-16H,1,5-7H2,2H3,(H,13,17)/t9-,10+,12?/m1/s1. The van der Waals surface area contributed by atoms with Crippen LogP contribution in [-0.2, 0) is 4.74 Å². The Labute approximate surface area is 106 Å². The van der Waals surface area contributed by atoms with Crippen molar-refractivity contribution in [1.82, 2.24) is 10.2 Å². The monoisotopic (exact) mass is 254 g/mol. The molecule has 3 N–H and O–H groups in total. The number of amides is 2. The van der Waals surface area contributed by atoms with Crippen molar-refractivity contribution in [2.24, 2.45) is 5.41 Å². The molecule has 0 radical (unpaired) electrons. The summed E-state index contributed by atoms with van der Waals surface area (Å²) in [5.74, 6) is 0. The van der Waals surface area contributed by atoms with Crippen molar-refractivity contribution < 1.29 is 19.7 Å². The molecule has 6 nitrogen and oxygen atoms in total. The highest BCUT2D eigenvalue weighted by atomic mass is 16.5. The van der Waals surface area contributed by atoms with Crippen LogP contribution in [0.2, 0.25) is 0 Å². The Morgan fingerprint density at radius 3 is 2.89 bits per heavy atom. The van der Waals surface area contributed by atoms with Crippen LogP contribution in [0.1, 0.15) is 13.3 Å². The van der Waals surface area contributed by atoms with Crippen LogP contribution < -0.4 is 5.32 Å². The molecule has 0 aliphatic carbocycles. The molecule has 6 heteroatoms. The van der Waals surface area contributed by atoms with E-state index in [1.54, 1.807) is 12.3 Å². The molecule has 0 aromatic rings. The molecule has 3 atom stereocenters.